The van der Waals surface area contributed by atoms with Gasteiger partial charge in [-0.15, -0.1) is 0 Å². The van der Waals surface area contributed by atoms with Crippen LogP contribution in [0, 0.1) is 5.41 Å². The average Bonchev–Trinajstić information content (AvgIpc) is 2.60. The van der Waals surface area contributed by atoms with Crippen LogP contribution in [0.3, 0.4) is 0 Å². The Morgan fingerprint density at radius 1 is 1.36 bits per heavy atom. The normalized spacial score (nSPS) is 25.2. The first-order chi connectivity index (χ1) is 11.9. The van der Waals surface area contributed by atoms with Gasteiger partial charge in [0.05, 0.1) is 25.9 Å². The van der Waals surface area contributed by atoms with Crippen molar-refractivity contribution in [2.75, 3.05) is 58.1 Å². The van der Waals surface area contributed by atoms with Gasteiger partial charge in [-0.05, 0) is 26.9 Å². The van der Waals surface area contributed by atoms with Crippen molar-refractivity contribution >= 4 is 11.8 Å². The number of ether oxygens (including phenoxy) is 2. The maximum Gasteiger partial charge on any atom is 0.225 e. The van der Waals surface area contributed by atoms with Gasteiger partial charge < -0.3 is 30.1 Å². The highest BCUT2D eigenvalue weighted by Crippen LogP contribution is 2.51. The quantitative estimate of drug-likeness (QED) is 0.759. The van der Waals surface area contributed by atoms with E-state index in [9.17, 15) is 5.11 Å². The molecule has 8 nitrogen and oxygen atoms in total. The second-order valence-electron chi connectivity index (χ2n) is 7.26. The van der Waals surface area contributed by atoms with Crippen LogP contribution in [-0.2, 0) is 4.74 Å². The van der Waals surface area contributed by atoms with E-state index >= 15 is 0 Å². The van der Waals surface area contributed by atoms with Crippen LogP contribution in [0.25, 0.3) is 0 Å². The lowest BCUT2D eigenvalue weighted by Crippen LogP contribution is -2.62. The molecular formula is C17H29N5O3. The monoisotopic (exact) mass is 351 g/mol. The summed E-state index contributed by atoms with van der Waals surface area (Å²) in [5, 5.41) is 10.4. The van der Waals surface area contributed by atoms with E-state index in [1.165, 1.54) is 0 Å². The minimum Gasteiger partial charge on any atom is -0.481 e. The van der Waals surface area contributed by atoms with E-state index in [-0.39, 0.29) is 23.6 Å². The number of aliphatic hydroxyl groups excluding tert-OH is 1. The van der Waals surface area contributed by atoms with Gasteiger partial charge in [0, 0.05) is 37.5 Å². The van der Waals surface area contributed by atoms with Gasteiger partial charge in [-0.2, -0.15) is 9.97 Å². The summed E-state index contributed by atoms with van der Waals surface area (Å²) in [4.78, 5) is 12.6. The van der Waals surface area contributed by atoms with Gasteiger partial charge in [0.15, 0.2) is 0 Å². The minimum absolute atomic E-state index is 0.120. The predicted molar refractivity (Wildman–Crippen MR) is 95.8 cm³/mol. The van der Waals surface area contributed by atoms with Crippen LogP contribution in [0.1, 0.15) is 19.3 Å². The molecular weight excluding hydrogens is 322 g/mol. The van der Waals surface area contributed by atoms with Gasteiger partial charge in [-0.1, -0.05) is 0 Å². The molecule has 0 aromatic carbocycles. The molecule has 1 aliphatic heterocycles. The minimum atomic E-state index is -0.274. The highest BCUT2D eigenvalue weighted by Gasteiger charge is 2.56. The summed E-state index contributed by atoms with van der Waals surface area (Å²) >= 11 is 0. The fourth-order valence-corrected chi connectivity index (χ4v) is 3.84. The average molecular weight is 351 g/mol. The van der Waals surface area contributed by atoms with Crippen molar-refractivity contribution in [2.24, 2.45) is 5.41 Å². The Balaban J connectivity index is 1.61. The lowest BCUT2D eigenvalue weighted by Gasteiger charge is -2.56. The third kappa shape index (κ3) is 3.65. The van der Waals surface area contributed by atoms with E-state index in [0.717, 1.165) is 44.7 Å². The van der Waals surface area contributed by atoms with Crippen LogP contribution in [-0.4, -0.2) is 79.6 Å². The summed E-state index contributed by atoms with van der Waals surface area (Å²) < 4.78 is 11.2. The van der Waals surface area contributed by atoms with Gasteiger partial charge in [-0.3, -0.25) is 0 Å². The number of nitrogens with zero attached hydrogens (tertiary/aromatic N) is 4. The molecule has 0 bridgehead atoms. The first-order valence-corrected chi connectivity index (χ1v) is 8.82. The molecule has 0 amide bonds. The number of anilines is 2. The molecule has 1 saturated heterocycles. The van der Waals surface area contributed by atoms with Gasteiger partial charge in [-0.25, -0.2) is 0 Å². The fraction of sp³-hybridized carbons (Fsp3) is 0.765. The number of aliphatic hydroxyl groups is 1. The third-order valence-corrected chi connectivity index (χ3v) is 5.53. The van der Waals surface area contributed by atoms with Crippen LogP contribution in [0.15, 0.2) is 6.07 Å². The zero-order valence-corrected chi connectivity index (χ0v) is 15.3. The molecule has 0 unspecified atom stereocenters. The van der Waals surface area contributed by atoms with Crippen LogP contribution in [0.4, 0.5) is 11.8 Å². The molecule has 1 spiro atoms. The molecule has 1 aromatic rings. The smallest absolute Gasteiger partial charge is 0.225 e. The van der Waals surface area contributed by atoms with Crippen LogP contribution < -0.4 is 15.4 Å². The summed E-state index contributed by atoms with van der Waals surface area (Å²) in [6.45, 7) is 3.22. The lowest BCUT2D eigenvalue weighted by atomic mass is 9.58. The van der Waals surface area contributed by atoms with Crippen LogP contribution in [0.5, 0.6) is 5.88 Å². The van der Waals surface area contributed by atoms with E-state index in [4.69, 9.17) is 15.2 Å². The van der Waals surface area contributed by atoms with Crippen LogP contribution >= 0.6 is 0 Å². The van der Waals surface area contributed by atoms with Gasteiger partial charge in [0.1, 0.15) is 5.82 Å². The highest BCUT2D eigenvalue weighted by molar-refractivity contribution is 5.46. The number of nitrogen functional groups attached to an aromatic ring is 1. The third-order valence-electron chi connectivity index (χ3n) is 5.53. The number of methoxy groups -OCH3 is 1. The number of nitrogens with two attached hydrogens (primary N) is 1. The first kappa shape index (κ1) is 18.2. The van der Waals surface area contributed by atoms with Gasteiger partial charge >= 0.3 is 0 Å². The number of likely N-dealkylation sites (N-methyl/N-ethyl adjacent to an activating group) is 1. The molecule has 3 N–H and O–H groups in total. The Kier molecular flexibility index (Phi) is 5.31. The standard InChI is InChI=1S/C17H29N5O3/c1-21(2)8-9-25-13-10-12(23)17(13)4-6-22(7-5-17)14-11-15(24-3)20-16(18)19-14/h11-13,23H,4-10H2,1-3H3,(H2,18,19,20)/t12-,13+/m1/s1. The predicted octanol–water partition coefficient (Wildman–Crippen LogP) is 0.365. The van der Waals surface area contributed by atoms with Crippen molar-refractivity contribution in [3.63, 3.8) is 0 Å². The molecule has 2 fully saturated rings. The van der Waals surface area contributed by atoms with E-state index < -0.39 is 0 Å². The van der Waals surface area contributed by atoms with Crippen molar-refractivity contribution in [2.45, 2.75) is 31.5 Å². The van der Waals surface area contributed by atoms with Crippen molar-refractivity contribution in [3.8, 4) is 5.88 Å². The molecule has 1 aromatic heterocycles. The maximum absolute atomic E-state index is 10.4. The number of hydrogen-bond donors (Lipinski definition) is 2. The Hall–Kier alpha value is -1.64. The second kappa shape index (κ2) is 7.31. The number of aromatic nitrogens is 2. The molecule has 25 heavy (non-hydrogen) atoms. The van der Waals surface area contributed by atoms with E-state index in [1.807, 2.05) is 14.1 Å². The molecule has 2 atom stereocenters. The zero-order chi connectivity index (χ0) is 18.0. The van der Waals surface area contributed by atoms with Gasteiger partial charge in [0.25, 0.3) is 0 Å². The summed E-state index contributed by atoms with van der Waals surface area (Å²) in [5.74, 6) is 1.46. The highest BCUT2D eigenvalue weighted by atomic mass is 16.5. The Labute approximate surface area is 148 Å². The zero-order valence-electron chi connectivity index (χ0n) is 15.3. The van der Waals surface area contributed by atoms with Crippen molar-refractivity contribution < 1.29 is 14.6 Å². The molecule has 140 valence electrons. The lowest BCUT2D eigenvalue weighted by molar-refractivity contribution is -0.202. The number of rotatable bonds is 6. The maximum atomic E-state index is 10.4. The van der Waals surface area contributed by atoms with E-state index in [0.29, 0.717) is 12.5 Å². The van der Waals surface area contributed by atoms with Crippen molar-refractivity contribution in [1.29, 1.82) is 0 Å². The molecule has 2 aliphatic rings. The fourth-order valence-electron chi connectivity index (χ4n) is 3.84. The first-order valence-electron chi connectivity index (χ1n) is 8.82. The summed E-state index contributed by atoms with van der Waals surface area (Å²) in [7, 11) is 5.64. The molecule has 1 saturated carbocycles. The van der Waals surface area contributed by atoms with Crippen molar-refractivity contribution in [3.05, 3.63) is 6.07 Å². The summed E-state index contributed by atoms with van der Waals surface area (Å²) in [5.41, 5.74) is 5.64. The molecule has 2 heterocycles. The Morgan fingerprint density at radius 3 is 2.68 bits per heavy atom. The summed E-state index contributed by atoms with van der Waals surface area (Å²) in [6.07, 6.45) is 2.38. The molecule has 8 heteroatoms. The topological polar surface area (TPSA) is 97.0 Å². The van der Waals surface area contributed by atoms with Crippen LogP contribution in [0.2, 0.25) is 0 Å². The molecule has 3 rings (SSSR count). The molecule has 1 aliphatic carbocycles. The van der Waals surface area contributed by atoms with E-state index in [2.05, 4.69) is 19.8 Å². The summed E-state index contributed by atoms with van der Waals surface area (Å²) in [6, 6.07) is 1.80. The van der Waals surface area contributed by atoms with Crippen molar-refractivity contribution in [1.82, 2.24) is 14.9 Å². The largest absolute Gasteiger partial charge is 0.481 e. The Bertz CT molecular complexity index is 590. The SMILES string of the molecule is COc1cc(N2CCC3(CC2)[C@H](O)C[C@@H]3OCCN(C)C)nc(N)n1. The Morgan fingerprint density at radius 2 is 2.08 bits per heavy atom. The van der Waals surface area contributed by atoms with Gasteiger partial charge in [0.2, 0.25) is 11.8 Å². The van der Waals surface area contributed by atoms with E-state index in [1.54, 1.807) is 13.2 Å². The number of piperidine rings is 1. The second-order valence-corrected chi connectivity index (χ2v) is 7.26. The molecule has 0 radical (unpaired) electrons. The number of hydrogen-bond acceptors (Lipinski definition) is 8.